The Kier molecular flexibility index (Phi) is 5.90. The number of carbonyl (C=O) groups is 2. The molecule has 0 aliphatic carbocycles. The summed E-state index contributed by atoms with van der Waals surface area (Å²) in [6.45, 7) is -0.355. The van der Waals surface area contributed by atoms with Crippen LogP contribution in [-0.4, -0.2) is 48.5 Å². The lowest BCUT2D eigenvalue weighted by Crippen LogP contribution is -2.48. The average Bonchev–Trinajstić information content (AvgIpc) is 3.62. The summed E-state index contributed by atoms with van der Waals surface area (Å²) < 4.78 is 48.2. The van der Waals surface area contributed by atoms with Gasteiger partial charge in [-0.05, 0) is 30.3 Å². The van der Waals surface area contributed by atoms with E-state index in [1.807, 2.05) is 0 Å². The van der Waals surface area contributed by atoms with Gasteiger partial charge in [0.25, 0.3) is 11.9 Å². The summed E-state index contributed by atoms with van der Waals surface area (Å²) in [4.78, 5) is 33.7. The topological polar surface area (TPSA) is 136 Å². The van der Waals surface area contributed by atoms with Crippen molar-refractivity contribution in [2.24, 2.45) is 0 Å². The van der Waals surface area contributed by atoms with E-state index in [9.17, 15) is 27.9 Å². The summed E-state index contributed by atoms with van der Waals surface area (Å²) in [5.41, 5.74) is -2.33. The highest BCUT2D eigenvalue weighted by Gasteiger charge is 2.51. The van der Waals surface area contributed by atoms with E-state index < -0.39 is 35.3 Å². The van der Waals surface area contributed by atoms with Crippen molar-refractivity contribution in [2.45, 2.75) is 18.3 Å². The fourth-order valence-electron chi connectivity index (χ4n) is 4.79. The number of nitrogens with zero attached hydrogens (tertiary/aromatic N) is 5. The van der Waals surface area contributed by atoms with Crippen molar-refractivity contribution in [1.82, 2.24) is 34.9 Å². The number of aromatic hydroxyl groups is 1. The second-order valence-electron chi connectivity index (χ2n) is 9.28. The van der Waals surface area contributed by atoms with Crippen molar-refractivity contribution in [3.63, 3.8) is 0 Å². The van der Waals surface area contributed by atoms with Crippen LogP contribution in [0.5, 0.6) is 11.6 Å². The normalized spacial score (nSPS) is 17.1. The third-order valence-electron chi connectivity index (χ3n) is 6.76. The number of alkyl halides is 3. The third-order valence-corrected chi connectivity index (χ3v) is 6.76. The summed E-state index contributed by atoms with van der Waals surface area (Å²) in [7, 11) is 1.48. The first kappa shape index (κ1) is 25.9. The Labute approximate surface area is 229 Å². The molecule has 3 amide bonds. The van der Waals surface area contributed by atoms with Crippen molar-refractivity contribution in [3.05, 3.63) is 84.4 Å². The molecule has 0 saturated carbocycles. The number of methoxy groups -OCH3 is 1. The molecule has 0 spiro atoms. The first-order valence-electron chi connectivity index (χ1n) is 12.1. The number of imide groups is 1. The maximum Gasteiger partial charge on any atom is 0.433 e. The Morgan fingerprint density at radius 2 is 1.85 bits per heavy atom. The number of hydrogen-bond acceptors (Lipinski definition) is 7. The zero-order chi connectivity index (χ0) is 28.9. The van der Waals surface area contributed by atoms with Crippen molar-refractivity contribution >= 4 is 22.7 Å². The van der Waals surface area contributed by atoms with Crippen LogP contribution in [0.25, 0.3) is 28.0 Å². The van der Waals surface area contributed by atoms with Crippen LogP contribution in [-0.2, 0) is 23.1 Å². The van der Waals surface area contributed by atoms with Crippen LogP contribution in [0.2, 0.25) is 0 Å². The molecule has 2 aromatic carbocycles. The van der Waals surface area contributed by atoms with Gasteiger partial charge in [0.1, 0.15) is 11.4 Å². The van der Waals surface area contributed by atoms with Crippen molar-refractivity contribution in [1.29, 1.82) is 0 Å². The second-order valence-corrected chi connectivity index (χ2v) is 9.28. The molecule has 1 aliphatic rings. The van der Waals surface area contributed by atoms with E-state index >= 15 is 0 Å². The maximum atomic E-state index is 13.6. The lowest BCUT2D eigenvalue weighted by molar-refractivity contribution is -0.141. The molecular weight excluding hydrogens is 543 g/mol. The van der Waals surface area contributed by atoms with E-state index in [1.54, 1.807) is 54.7 Å². The molecule has 3 aromatic heterocycles. The summed E-state index contributed by atoms with van der Waals surface area (Å²) in [6, 6.07) is 15.0. The number of benzene rings is 2. The van der Waals surface area contributed by atoms with Crippen LogP contribution >= 0.6 is 0 Å². The molecule has 0 radical (unpaired) electrons. The fourth-order valence-corrected chi connectivity index (χ4v) is 4.79. The number of halogens is 3. The summed E-state index contributed by atoms with van der Waals surface area (Å²) >= 11 is 0. The zero-order valence-electron chi connectivity index (χ0n) is 21.2. The first-order chi connectivity index (χ1) is 19.6. The molecule has 1 fully saturated rings. The predicted molar refractivity (Wildman–Crippen MR) is 138 cm³/mol. The van der Waals surface area contributed by atoms with Crippen LogP contribution < -0.4 is 15.4 Å². The number of fused-ring (bicyclic) bond motifs is 1. The van der Waals surface area contributed by atoms with Crippen LogP contribution in [0.1, 0.15) is 11.4 Å². The van der Waals surface area contributed by atoms with Gasteiger partial charge >= 0.3 is 12.2 Å². The highest BCUT2D eigenvalue weighted by atomic mass is 19.4. The van der Waals surface area contributed by atoms with Gasteiger partial charge in [0.15, 0.2) is 11.4 Å². The van der Waals surface area contributed by atoms with Crippen molar-refractivity contribution < 1.29 is 32.6 Å². The van der Waals surface area contributed by atoms with Gasteiger partial charge in [0, 0.05) is 28.7 Å². The highest BCUT2D eigenvalue weighted by Crippen LogP contribution is 2.37. The van der Waals surface area contributed by atoms with Gasteiger partial charge in [0.05, 0.1) is 25.0 Å². The minimum absolute atomic E-state index is 0.0336. The Hall–Kier alpha value is -5.40. The van der Waals surface area contributed by atoms with Gasteiger partial charge in [-0.3, -0.25) is 10.1 Å². The van der Waals surface area contributed by atoms with Gasteiger partial charge in [-0.1, -0.05) is 30.3 Å². The van der Waals surface area contributed by atoms with Gasteiger partial charge in [-0.25, -0.2) is 14.8 Å². The van der Waals surface area contributed by atoms with Crippen LogP contribution in [0.15, 0.2) is 73.1 Å². The molecule has 1 aliphatic heterocycles. The molecule has 11 nitrogen and oxygen atoms in total. The quantitative estimate of drug-likeness (QED) is 0.268. The second kappa shape index (κ2) is 9.36. The number of ether oxygens (including phenoxy) is 1. The van der Waals surface area contributed by atoms with E-state index in [0.29, 0.717) is 28.2 Å². The Morgan fingerprint density at radius 3 is 2.54 bits per heavy atom. The first-order valence-corrected chi connectivity index (χ1v) is 12.1. The number of hydrogen-bond donors (Lipinski definition) is 3. The number of nitrogens with one attached hydrogen (secondary N) is 2. The Bertz CT molecular complexity index is 1820. The summed E-state index contributed by atoms with van der Waals surface area (Å²) in [5.74, 6) is -1.03. The van der Waals surface area contributed by atoms with E-state index in [4.69, 9.17) is 4.74 Å². The molecule has 41 heavy (non-hydrogen) atoms. The lowest BCUT2D eigenvalue weighted by Gasteiger charge is -2.27. The van der Waals surface area contributed by atoms with E-state index in [2.05, 4.69) is 25.7 Å². The van der Waals surface area contributed by atoms with E-state index in [1.165, 1.54) is 17.7 Å². The molecule has 208 valence electrons. The lowest BCUT2D eigenvalue weighted by atomic mass is 9.94. The maximum absolute atomic E-state index is 13.6. The fraction of sp³-hybridized carbons (Fsp3) is 0.148. The molecule has 0 bridgehead atoms. The molecule has 0 unspecified atom stereocenters. The third kappa shape index (κ3) is 4.38. The largest absolute Gasteiger partial charge is 0.497 e. The monoisotopic (exact) mass is 563 g/mol. The number of rotatable bonds is 6. The summed E-state index contributed by atoms with van der Waals surface area (Å²) in [5, 5.41) is 21.4. The molecule has 1 atom stereocenters. The number of urea groups is 1. The predicted octanol–water partition coefficient (Wildman–Crippen LogP) is 3.75. The van der Waals surface area contributed by atoms with E-state index in [-0.39, 0.29) is 23.8 Å². The number of carbonyl (C=O) groups excluding carboxylic acids is 2. The molecule has 4 heterocycles. The molecule has 6 rings (SSSR count). The molecule has 3 N–H and O–H groups in total. The number of amides is 3. The average molecular weight is 563 g/mol. The van der Waals surface area contributed by atoms with E-state index in [0.717, 1.165) is 10.9 Å². The SMILES string of the molecule is COc1ccc2cn(C[C@@]3(c4cc(-c5ccccc5)nn4-c4nccc(C(F)(F)F)n4)NC(=O)NC3=O)c(O)c2c1. The smallest absolute Gasteiger partial charge is 0.433 e. The molecule has 5 aromatic rings. The summed E-state index contributed by atoms with van der Waals surface area (Å²) in [6.07, 6.45) is -2.28. The highest BCUT2D eigenvalue weighted by molar-refractivity contribution is 6.07. The zero-order valence-corrected chi connectivity index (χ0v) is 21.2. The molecular formula is C27H20F3N7O4. The minimum Gasteiger partial charge on any atom is -0.497 e. The standard InChI is InChI=1S/C27H20F3N7O4/c1-41-17-8-7-16-13-36(22(38)18(16)11-17)14-26(23(39)33-25(40)34-26)21-12-19(15-5-3-2-4-6-15)35-37(21)24-31-10-9-20(32-24)27(28,29)30/h2-13,38H,14H2,1H3,(H2,33,34,39,40)/t26-/m0/s1. The Morgan fingerprint density at radius 1 is 1.07 bits per heavy atom. The van der Waals surface area contributed by atoms with Crippen LogP contribution in [0.4, 0.5) is 18.0 Å². The number of aromatic nitrogens is 5. The Balaban J connectivity index is 1.57. The van der Waals surface area contributed by atoms with Gasteiger partial charge < -0.3 is 19.7 Å². The van der Waals surface area contributed by atoms with Crippen molar-refractivity contribution in [2.75, 3.05) is 7.11 Å². The van der Waals surface area contributed by atoms with Gasteiger partial charge in [-0.15, -0.1) is 0 Å². The van der Waals surface area contributed by atoms with Crippen LogP contribution in [0.3, 0.4) is 0 Å². The van der Waals surface area contributed by atoms with Gasteiger partial charge in [0.2, 0.25) is 0 Å². The van der Waals surface area contributed by atoms with Crippen LogP contribution in [0, 0.1) is 0 Å². The van der Waals surface area contributed by atoms with Gasteiger partial charge in [-0.2, -0.15) is 23.0 Å². The molecule has 1 saturated heterocycles. The van der Waals surface area contributed by atoms with Crippen molar-refractivity contribution in [3.8, 4) is 28.8 Å². The minimum atomic E-state index is -4.78. The molecule has 14 heteroatoms.